The highest BCUT2D eigenvalue weighted by atomic mass is 35.7. The predicted molar refractivity (Wildman–Crippen MR) is 58.2 cm³/mol. The molecule has 0 aliphatic carbocycles. The minimum atomic E-state index is -3.74. The summed E-state index contributed by atoms with van der Waals surface area (Å²) in [5.41, 5.74) is 0.522. The molecule has 0 aliphatic heterocycles. The van der Waals surface area contributed by atoms with Crippen molar-refractivity contribution in [3.05, 3.63) is 36.0 Å². The van der Waals surface area contributed by atoms with Crippen LogP contribution in [0.25, 0.3) is 11.4 Å². The Hall–Kier alpha value is -1.47. The van der Waals surface area contributed by atoms with Crippen molar-refractivity contribution in [3.63, 3.8) is 0 Å². The Kier molecular flexibility index (Phi) is 3.12. The molecular weight excluding hydrogens is 271 g/mol. The molecule has 1 aromatic carbocycles. The van der Waals surface area contributed by atoms with Crippen LogP contribution in [0.3, 0.4) is 0 Å². The summed E-state index contributed by atoms with van der Waals surface area (Å²) < 4.78 is 38.9. The van der Waals surface area contributed by atoms with Gasteiger partial charge in [-0.25, -0.2) is 12.8 Å². The number of halogens is 2. The van der Waals surface area contributed by atoms with Crippen molar-refractivity contribution in [2.24, 2.45) is 0 Å². The third kappa shape index (κ3) is 3.24. The fraction of sp³-hybridized carbons (Fsp3) is 0.111. The van der Waals surface area contributed by atoms with E-state index in [2.05, 4.69) is 10.1 Å². The first kappa shape index (κ1) is 12.0. The highest BCUT2D eigenvalue weighted by Gasteiger charge is 2.15. The van der Waals surface area contributed by atoms with Crippen molar-refractivity contribution >= 4 is 19.7 Å². The average Bonchev–Trinajstić information content (AvgIpc) is 2.64. The van der Waals surface area contributed by atoms with Crippen LogP contribution in [0.2, 0.25) is 0 Å². The first-order valence-electron chi connectivity index (χ1n) is 4.45. The summed E-state index contributed by atoms with van der Waals surface area (Å²) in [4.78, 5) is 3.83. The number of rotatable bonds is 3. The Bertz CT molecular complexity index is 624. The summed E-state index contributed by atoms with van der Waals surface area (Å²) in [7, 11) is 1.30. The van der Waals surface area contributed by atoms with Crippen LogP contribution in [-0.4, -0.2) is 18.6 Å². The molecule has 0 spiro atoms. The molecule has 0 aliphatic rings. The second-order valence-electron chi connectivity index (χ2n) is 3.20. The molecule has 0 N–H and O–H groups in total. The van der Waals surface area contributed by atoms with Crippen LogP contribution in [0, 0.1) is 5.82 Å². The molecule has 8 heteroatoms. The van der Waals surface area contributed by atoms with Crippen LogP contribution < -0.4 is 0 Å². The van der Waals surface area contributed by atoms with E-state index in [4.69, 9.17) is 15.2 Å². The summed E-state index contributed by atoms with van der Waals surface area (Å²) in [5, 5.41) is 3.57. The lowest BCUT2D eigenvalue weighted by Gasteiger charge is -1.92. The maximum atomic E-state index is 12.7. The van der Waals surface area contributed by atoms with Gasteiger partial charge in [0.25, 0.3) is 0 Å². The molecule has 90 valence electrons. The van der Waals surface area contributed by atoms with Gasteiger partial charge in [0.1, 0.15) is 11.6 Å². The standard InChI is InChI=1S/C9H6ClFN2O3S/c10-17(14,15)5-8-12-9(13-16-8)6-1-3-7(11)4-2-6/h1-4H,5H2. The summed E-state index contributed by atoms with van der Waals surface area (Å²) in [5.74, 6) is -0.858. The monoisotopic (exact) mass is 276 g/mol. The van der Waals surface area contributed by atoms with E-state index < -0.39 is 14.8 Å². The van der Waals surface area contributed by atoms with E-state index in [1.165, 1.54) is 24.3 Å². The smallest absolute Gasteiger partial charge is 0.243 e. The van der Waals surface area contributed by atoms with Crippen LogP contribution in [0.15, 0.2) is 28.8 Å². The van der Waals surface area contributed by atoms with Crippen molar-refractivity contribution in [1.82, 2.24) is 10.1 Å². The molecule has 1 heterocycles. The van der Waals surface area contributed by atoms with E-state index in [1.54, 1.807) is 0 Å². The molecule has 5 nitrogen and oxygen atoms in total. The summed E-state index contributed by atoms with van der Waals surface area (Å²) in [6.07, 6.45) is 0. The molecule has 0 bridgehead atoms. The Balaban J connectivity index is 2.27. The molecule has 2 rings (SSSR count). The van der Waals surface area contributed by atoms with E-state index in [1.807, 2.05) is 0 Å². The van der Waals surface area contributed by atoms with E-state index in [0.717, 1.165) is 0 Å². The molecule has 0 amide bonds. The van der Waals surface area contributed by atoms with Gasteiger partial charge in [-0.15, -0.1) is 0 Å². The van der Waals surface area contributed by atoms with Gasteiger partial charge in [0.05, 0.1) is 0 Å². The average molecular weight is 277 g/mol. The van der Waals surface area contributed by atoms with Crippen molar-refractivity contribution in [2.45, 2.75) is 5.75 Å². The van der Waals surface area contributed by atoms with Crippen molar-refractivity contribution in [1.29, 1.82) is 0 Å². The number of benzene rings is 1. The molecule has 0 radical (unpaired) electrons. The zero-order chi connectivity index (χ0) is 12.5. The highest BCUT2D eigenvalue weighted by molar-refractivity contribution is 8.13. The number of nitrogens with zero attached hydrogens (tertiary/aromatic N) is 2. The zero-order valence-electron chi connectivity index (χ0n) is 8.30. The lowest BCUT2D eigenvalue weighted by atomic mass is 10.2. The Morgan fingerprint density at radius 2 is 1.94 bits per heavy atom. The van der Waals surface area contributed by atoms with E-state index in [9.17, 15) is 12.8 Å². The summed E-state index contributed by atoms with van der Waals surface area (Å²) >= 11 is 0. The van der Waals surface area contributed by atoms with Gasteiger partial charge in [-0.1, -0.05) is 5.16 Å². The van der Waals surface area contributed by atoms with Gasteiger partial charge < -0.3 is 4.52 Å². The minimum absolute atomic E-state index is 0.112. The van der Waals surface area contributed by atoms with Gasteiger partial charge in [-0.2, -0.15) is 4.98 Å². The topological polar surface area (TPSA) is 73.1 Å². The number of hydrogen-bond donors (Lipinski definition) is 0. The third-order valence-corrected chi connectivity index (χ3v) is 2.79. The lowest BCUT2D eigenvalue weighted by molar-refractivity contribution is 0.390. The SMILES string of the molecule is O=S(=O)(Cl)Cc1nc(-c2ccc(F)cc2)no1. The van der Waals surface area contributed by atoms with Gasteiger partial charge in [0, 0.05) is 16.2 Å². The normalized spacial score (nSPS) is 11.6. The highest BCUT2D eigenvalue weighted by Crippen LogP contribution is 2.17. The van der Waals surface area contributed by atoms with Crippen molar-refractivity contribution < 1.29 is 17.3 Å². The van der Waals surface area contributed by atoms with Crippen LogP contribution in [0.4, 0.5) is 4.39 Å². The fourth-order valence-electron chi connectivity index (χ4n) is 1.18. The Labute approximate surface area is 101 Å². The van der Waals surface area contributed by atoms with E-state index in [0.29, 0.717) is 5.56 Å². The van der Waals surface area contributed by atoms with Gasteiger partial charge in [-0.05, 0) is 24.3 Å². The van der Waals surface area contributed by atoms with Crippen molar-refractivity contribution in [2.75, 3.05) is 0 Å². The van der Waals surface area contributed by atoms with Gasteiger partial charge in [-0.3, -0.25) is 0 Å². The van der Waals surface area contributed by atoms with Crippen LogP contribution >= 0.6 is 10.7 Å². The van der Waals surface area contributed by atoms with E-state index >= 15 is 0 Å². The molecule has 0 unspecified atom stereocenters. The molecule has 2 aromatic rings. The molecule has 0 saturated carbocycles. The number of hydrogen-bond acceptors (Lipinski definition) is 5. The zero-order valence-corrected chi connectivity index (χ0v) is 9.87. The van der Waals surface area contributed by atoms with Gasteiger partial charge >= 0.3 is 0 Å². The van der Waals surface area contributed by atoms with Crippen LogP contribution in [-0.2, 0) is 14.8 Å². The van der Waals surface area contributed by atoms with Crippen LogP contribution in [0.1, 0.15) is 5.89 Å². The molecule has 1 aromatic heterocycles. The van der Waals surface area contributed by atoms with E-state index in [-0.39, 0.29) is 17.5 Å². The molecular formula is C9H6ClFN2O3S. The summed E-state index contributed by atoms with van der Waals surface area (Å²) in [6.45, 7) is 0. The number of aromatic nitrogens is 2. The second-order valence-corrected chi connectivity index (χ2v) is 5.98. The first-order chi connectivity index (χ1) is 7.94. The third-order valence-electron chi connectivity index (χ3n) is 1.87. The molecule has 17 heavy (non-hydrogen) atoms. The predicted octanol–water partition coefficient (Wildman–Crippen LogP) is 1.94. The first-order valence-corrected chi connectivity index (χ1v) is 6.93. The second kappa shape index (κ2) is 4.42. The fourth-order valence-corrected chi connectivity index (χ4v) is 1.87. The van der Waals surface area contributed by atoms with Gasteiger partial charge in [0.15, 0.2) is 0 Å². The summed E-state index contributed by atoms with van der Waals surface area (Å²) in [6, 6.07) is 5.39. The molecule has 0 atom stereocenters. The maximum Gasteiger partial charge on any atom is 0.243 e. The van der Waals surface area contributed by atoms with Gasteiger partial charge in [0.2, 0.25) is 20.8 Å². The maximum absolute atomic E-state index is 12.7. The molecule has 0 fully saturated rings. The molecule has 0 saturated heterocycles. The van der Waals surface area contributed by atoms with Crippen molar-refractivity contribution in [3.8, 4) is 11.4 Å². The quantitative estimate of drug-likeness (QED) is 0.801. The lowest BCUT2D eigenvalue weighted by Crippen LogP contribution is -1.94. The largest absolute Gasteiger partial charge is 0.338 e. The minimum Gasteiger partial charge on any atom is -0.338 e. The Morgan fingerprint density at radius 1 is 1.29 bits per heavy atom. The van der Waals surface area contributed by atoms with Crippen LogP contribution in [0.5, 0.6) is 0 Å². The Morgan fingerprint density at radius 3 is 2.53 bits per heavy atom.